The quantitative estimate of drug-likeness (QED) is 0.522. The molecular weight excluding hydrogens is 420 g/mol. The number of hydrogen-bond donors (Lipinski definition) is 3. The number of aryl methyl sites for hydroxylation is 2. The van der Waals surface area contributed by atoms with Crippen LogP contribution in [0, 0.1) is 11.3 Å². The molecule has 1 unspecified atom stereocenters. The summed E-state index contributed by atoms with van der Waals surface area (Å²) in [4.78, 5) is 31.7. The molecule has 2 fully saturated rings. The van der Waals surface area contributed by atoms with E-state index in [9.17, 15) is 14.7 Å². The van der Waals surface area contributed by atoms with Gasteiger partial charge in [0.1, 0.15) is 11.9 Å². The molecule has 4 heterocycles. The van der Waals surface area contributed by atoms with Crippen LogP contribution in [0.15, 0.2) is 12.1 Å². The summed E-state index contributed by atoms with van der Waals surface area (Å²) < 4.78 is 5.36. The van der Waals surface area contributed by atoms with Gasteiger partial charge in [-0.25, -0.2) is 9.78 Å². The number of aromatic nitrogens is 1. The van der Waals surface area contributed by atoms with Crippen molar-refractivity contribution in [2.75, 3.05) is 44.7 Å². The van der Waals surface area contributed by atoms with Gasteiger partial charge in [-0.05, 0) is 75.5 Å². The summed E-state index contributed by atoms with van der Waals surface area (Å²) >= 11 is 0. The zero-order chi connectivity index (χ0) is 23.3. The van der Waals surface area contributed by atoms with Crippen LogP contribution in [0.2, 0.25) is 0 Å². The van der Waals surface area contributed by atoms with Gasteiger partial charge in [-0.1, -0.05) is 13.0 Å². The van der Waals surface area contributed by atoms with Crippen LogP contribution >= 0.6 is 0 Å². The van der Waals surface area contributed by atoms with Gasteiger partial charge in [-0.15, -0.1) is 0 Å². The number of nitrogens with one attached hydrogen (secondary N) is 2. The fourth-order valence-corrected chi connectivity index (χ4v) is 5.16. The summed E-state index contributed by atoms with van der Waals surface area (Å²) in [6.45, 7) is 6.67. The Morgan fingerprint density at radius 1 is 1.36 bits per heavy atom. The van der Waals surface area contributed by atoms with E-state index in [-0.39, 0.29) is 5.91 Å². The number of rotatable bonds is 9. The molecule has 0 radical (unpaired) electrons. The van der Waals surface area contributed by atoms with Gasteiger partial charge in [-0.2, -0.15) is 0 Å². The van der Waals surface area contributed by atoms with Gasteiger partial charge in [0.25, 0.3) is 0 Å². The molecule has 8 nitrogen and oxygen atoms in total. The Labute approximate surface area is 196 Å². The molecule has 0 aliphatic carbocycles. The molecular formula is C25H38N4O4. The van der Waals surface area contributed by atoms with Gasteiger partial charge in [0.15, 0.2) is 0 Å². The largest absolute Gasteiger partial charge is 0.480 e. The Hall–Kier alpha value is -2.19. The number of pyridine rings is 1. The fourth-order valence-electron chi connectivity index (χ4n) is 5.16. The molecule has 0 bridgehead atoms. The van der Waals surface area contributed by atoms with Crippen LogP contribution in [0.1, 0.15) is 56.7 Å². The number of fused-ring (bicyclic) bond motifs is 1. The molecule has 3 aliphatic heterocycles. The van der Waals surface area contributed by atoms with Crippen molar-refractivity contribution < 1.29 is 19.4 Å². The van der Waals surface area contributed by atoms with Crippen LogP contribution in [0.25, 0.3) is 0 Å². The number of carbonyl (C=O) groups excluding carboxylic acids is 1. The van der Waals surface area contributed by atoms with Crippen molar-refractivity contribution in [2.45, 2.75) is 64.3 Å². The highest BCUT2D eigenvalue weighted by atomic mass is 16.5. The summed E-state index contributed by atoms with van der Waals surface area (Å²) in [5, 5.41) is 15.9. The molecule has 1 amide bonds. The standard InChI is InChI=1S/C25H38N4O4/c1-25(10-15-33-16-11-25)24(32)28-21(23(30)31)9-14-29-13-8-18(17-29)4-6-20-7-5-19-3-2-12-26-22(19)27-20/h5,7,18,21H,2-4,6,8-17H2,1H3,(H,26,27)(H,28,32)(H,30,31)/t18-,21?/m0/s1. The average Bonchev–Trinajstić information content (AvgIpc) is 3.28. The van der Waals surface area contributed by atoms with E-state index in [0.717, 1.165) is 56.8 Å². The van der Waals surface area contributed by atoms with Gasteiger partial charge in [-0.3, -0.25) is 4.79 Å². The molecule has 2 atom stereocenters. The zero-order valence-corrected chi connectivity index (χ0v) is 19.8. The lowest BCUT2D eigenvalue weighted by atomic mass is 9.81. The van der Waals surface area contributed by atoms with Crippen LogP contribution < -0.4 is 10.6 Å². The number of nitrogens with zero attached hydrogens (tertiary/aromatic N) is 2. The fraction of sp³-hybridized carbons (Fsp3) is 0.720. The summed E-state index contributed by atoms with van der Waals surface area (Å²) in [5.41, 5.74) is 1.94. The minimum absolute atomic E-state index is 0.162. The van der Waals surface area contributed by atoms with Crippen molar-refractivity contribution in [1.82, 2.24) is 15.2 Å². The number of carboxylic acid groups (broad SMARTS) is 1. The maximum absolute atomic E-state index is 12.7. The third-order valence-electron chi connectivity index (χ3n) is 7.61. The minimum atomic E-state index is -0.957. The first-order chi connectivity index (χ1) is 15.9. The van der Waals surface area contributed by atoms with E-state index in [1.165, 1.54) is 12.0 Å². The molecule has 1 aromatic heterocycles. The summed E-state index contributed by atoms with van der Waals surface area (Å²) in [6.07, 6.45) is 7.18. The molecule has 182 valence electrons. The van der Waals surface area contributed by atoms with E-state index in [0.29, 0.717) is 44.9 Å². The second kappa shape index (κ2) is 10.8. The molecule has 0 spiro atoms. The first-order valence-corrected chi connectivity index (χ1v) is 12.5. The lowest BCUT2D eigenvalue weighted by Gasteiger charge is -2.33. The number of carboxylic acids is 1. The lowest BCUT2D eigenvalue weighted by molar-refractivity contribution is -0.145. The third-order valence-corrected chi connectivity index (χ3v) is 7.61. The number of amides is 1. The highest BCUT2D eigenvalue weighted by molar-refractivity contribution is 5.87. The molecule has 0 saturated carbocycles. The van der Waals surface area contributed by atoms with E-state index in [1.807, 2.05) is 6.92 Å². The Kier molecular flexibility index (Phi) is 7.86. The zero-order valence-electron chi connectivity index (χ0n) is 19.8. The van der Waals surface area contributed by atoms with Crippen molar-refractivity contribution in [2.24, 2.45) is 11.3 Å². The number of aliphatic carboxylic acids is 1. The normalized spacial score (nSPS) is 23.4. The third kappa shape index (κ3) is 6.23. The molecule has 3 N–H and O–H groups in total. The summed E-state index contributed by atoms with van der Waals surface area (Å²) in [5.74, 6) is 0.546. The maximum Gasteiger partial charge on any atom is 0.326 e. The van der Waals surface area contributed by atoms with E-state index < -0.39 is 17.4 Å². The van der Waals surface area contributed by atoms with Gasteiger partial charge in [0.2, 0.25) is 5.91 Å². The molecule has 0 aromatic carbocycles. The Balaban J connectivity index is 1.21. The second-order valence-corrected chi connectivity index (χ2v) is 10.2. The van der Waals surface area contributed by atoms with E-state index in [1.54, 1.807) is 0 Å². The summed E-state index contributed by atoms with van der Waals surface area (Å²) in [6, 6.07) is 3.53. The maximum atomic E-state index is 12.7. The average molecular weight is 459 g/mol. The highest BCUT2D eigenvalue weighted by Gasteiger charge is 2.37. The number of likely N-dealkylation sites (tertiary alicyclic amines) is 1. The Morgan fingerprint density at radius 2 is 2.18 bits per heavy atom. The van der Waals surface area contributed by atoms with E-state index in [4.69, 9.17) is 9.72 Å². The van der Waals surface area contributed by atoms with Crippen LogP contribution in [-0.4, -0.2) is 72.3 Å². The van der Waals surface area contributed by atoms with Crippen molar-refractivity contribution in [3.63, 3.8) is 0 Å². The van der Waals surface area contributed by atoms with Crippen LogP contribution in [0.5, 0.6) is 0 Å². The second-order valence-electron chi connectivity index (χ2n) is 10.2. The minimum Gasteiger partial charge on any atom is -0.480 e. The first-order valence-electron chi connectivity index (χ1n) is 12.5. The number of hydrogen-bond acceptors (Lipinski definition) is 6. The van der Waals surface area contributed by atoms with Crippen molar-refractivity contribution >= 4 is 17.7 Å². The van der Waals surface area contributed by atoms with Gasteiger partial charge in [0.05, 0.1) is 5.41 Å². The molecule has 3 aliphatic rings. The Bertz CT molecular complexity index is 840. The van der Waals surface area contributed by atoms with Crippen molar-refractivity contribution in [1.29, 1.82) is 0 Å². The monoisotopic (exact) mass is 458 g/mol. The SMILES string of the molecule is CC1(C(=O)NC(CCN2CC[C@H](CCc3ccc4c(n3)NCCC4)C2)C(=O)O)CCOCC1. The van der Waals surface area contributed by atoms with Crippen LogP contribution in [0.4, 0.5) is 5.82 Å². The van der Waals surface area contributed by atoms with E-state index >= 15 is 0 Å². The van der Waals surface area contributed by atoms with Gasteiger partial charge < -0.3 is 25.4 Å². The van der Waals surface area contributed by atoms with Crippen molar-refractivity contribution in [3.8, 4) is 0 Å². The Morgan fingerprint density at radius 3 is 2.97 bits per heavy atom. The topological polar surface area (TPSA) is 104 Å². The molecule has 2 saturated heterocycles. The predicted molar refractivity (Wildman–Crippen MR) is 126 cm³/mol. The lowest BCUT2D eigenvalue weighted by Crippen LogP contribution is -2.50. The summed E-state index contributed by atoms with van der Waals surface area (Å²) in [7, 11) is 0. The van der Waals surface area contributed by atoms with Crippen LogP contribution in [0.3, 0.4) is 0 Å². The number of anilines is 1. The molecule has 1 aromatic rings. The van der Waals surface area contributed by atoms with Gasteiger partial charge >= 0.3 is 5.97 Å². The number of ether oxygens (including phenoxy) is 1. The smallest absolute Gasteiger partial charge is 0.326 e. The molecule has 4 rings (SSSR count). The van der Waals surface area contributed by atoms with E-state index in [2.05, 4.69) is 27.7 Å². The van der Waals surface area contributed by atoms with Gasteiger partial charge in [0, 0.05) is 38.5 Å². The molecule has 8 heteroatoms. The highest BCUT2D eigenvalue weighted by Crippen LogP contribution is 2.30. The first kappa shape index (κ1) is 24.0. The molecule has 33 heavy (non-hydrogen) atoms. The van der Waals surface area contributed by atoms with Crippen LogP contribution in [-0.2, 0) is 27.2 Å². The number of carbonyl (C=O) groups is 2. The van der Waals surface area contributed by atoms with Crippen molar-refractivity contribution in [3.05, 3.63) is 23.4 Å². The predicted octanol–water partition coefficient (Wildman–Crippen LogP) is 2.47.